The maximum Gasteiger partial charge on any atom is 0.0935 e. The molecule has 0 saturated carbocycles. The van der Waals surface area contributed by atoms with E-state index in [2.05, 4.69) is 0 Å². The number of halogens is 4. The average molecular weight is 204 g/mol. The van der Waals surface area contributed by atoms with Gasteiger partial charge in [0.2, 0.25) is 0 Å². The summed E-state index contributed by atoms with van der Waals surface area (Å²) in [5.41, 5.74) is 0. The maximum atomic E-state index is 11.9. The molecule has 0 fully saturated rings. The molecule has 0 aromatic heterocycles. The monoisotopic (exact) mass is 204 g/mol. The summed E-state index contributed by atoms with van der Waals surface area (Å²) in [4.78, 5) is 0. The lowest BCUT2D eigenvalue weighted by atomic mass is 10.1. The minimum absolute atomic E-state index is 0.267. The van der Waals surface area contributed by atoms with Gasteiger partial charge in [-0.15, -0.1) is 17.9 Å². The van der Waals surface area contributed by atoms with E-state index in [4.69, 9.17) is 5.11 Å². The van der Waals surface area contributed by atoms with Crippen LogP contribution in [-0.4, -0.2) is 34.5 Å². The van der Waals surface area contributed by atoms with E-state index in [1.807, 2.05) is 0 Å². The van der Waals surface area contributed by atoms with Crippen molar-refractivity contribution in [2.45, 2.75) is 31.9 Å². The standard InChI is InChI=1S/C6H12F4N2O/c1-2-6(13)3-5(12(9)10)4-11(7)8/h5-6,13H,2-4H2,1H3. The van der Waals surface area contributed by atoms with Gasteiger partial charge in [0.25, 0.3) is 0 Å². The van der Waals surface area contributed by atoms with Crippen molar-refractivity contribution in [2.24, 2.45) is 0 Å². The van der Waals surface area contributed by atoms with Crippen molar-refractivity contribution in [2.75, 3.05) is 6.54 Å². The lowest BCUT2D eigenvalue weighted by Gasteiger charge is -2.18. The summed E-state index contributed by atoms with van der Waals surface area (Å²) in [7, 11) is 0. The fourth-order valence-electron chi connectivity index (χ4n) is 0.856. The molecule has 0 bridgehead atoms. The van der Waals surface area contributed by atoms with E-state index < -0.39 is 29.4 Å². The van der Waals surface area contributed by atoms with Crippen molar-refractivity contribution < 1.29 is 23.0 Å². The van der Waals surface area contributed by atoms with Gasteiger partial charge in [-0.25, -0.2) is 0 Å². The molecule has 0 aromatic rings. The molecule has 3 nitrogen and oxygen atoms in total. The summed E-state index contributed by atoms with van der Waals surface area (Å²) < 4.78 is 47.0. The molecule has 0 aliphatic carbocycles. The molecule has 0 amide bonds. The van der Waals surface area contributed by atoms with Crippen LogP contribution in [-0.2, 0) is 0 Å². The third kappa shape index (κ3) is 5.78. The first-order chi connectivity index (χ1) is 5.97. The van der Waals surface area contributed by atoms with Crippen LogP contribution in [0.3, 0.4) is 0 Å². The Balaban J connectivity index is 3.94. The van der Waals surface area contributed by atoms with Crippen LogP contribution >= 0.6 is 0 Å². The Kier molecular flexibility index (Phi) is 5.93. The van der Waals surface area contributed by atoms with Crippen molar-refractivity contribution in [3.8, 4) is 0 Å². The number of rotatable bonds is 6. The average Bonchev–Trinajstić information content (AvgIpc) is 2.02. The fraction of sp³-hybridized carbons (Fsp3) is 1.00. The first kappa shape index (κ1) is 12.6. The molecule has 0 aliphatic rings. The highest BCUT2D eigenvalue weighted by Gasteiger charge is 2.24. The first-order valence-electron chi connectivity index (χ1n) is 3.85. The van der Waals surface area contributed by atoms with E-state index in [0.717, 1.165) is 0 Å². The molecule has 2 unspecified atom stereocenters. The van der Waals surface area contributed by atoms with Crippen molar-refractivity contribution in [3.63, 3.8) is 0 Å². The van der Waals surface area contributed by atoms with Gasteiger partial charge in [-0.05, 0) is 12.8 Å². The molecule has 0 saturated heterocycles. The molecule has 0 heterocycles. The smallest absolute Gasteiger partial charge is 0.0935 e. The fourth-order valence-corrected chi connectivity index (χ4v) is 0.856. The maximum absolute atomic E-state index is 11.9. The van der Waals surface area contributed by atoms with Crippen LogP contribution < -0.4 is 0 Å². The molecule has 2 atom stereocenters. The van der Waals surface area contributed by atoms with Crippen LogP contribution in [0.4, 0.5) is 17.9 Å². The minimum Gasteiger partial charge on any atom is -0.393 e. The number of hydrogen-bond donors (Lipinski definition) is 1. The summed E-state index contributed by atoms with van der Waals surface area (Å²) in [6.07, 6.45) is -1.07. The highest BCUT2D eigenvalue weighted by atomic mass is 19.4. The predicted molar refractivity (Wildman–Crippen MR) is 37.7 cm³/mol. The summed E-state index contributed by atoms with van der Waals surface area (Å²) in [5.74, 6) is 0. The second-order valence-corrected chi connectivity index (χ2v) is 2.70. The quantitative estimate of drug-likeness (QED) is 0.526. The second-order valence-electron chi connectivity index (χ2n) is 2.70. The number of hydrogen-bond acceptors (Lipinski definition) is 3. The van der Waals surface area contributed by atoms with E-state index in [-0.39, 0.29) is 12.8 Å². The zero-order valence-electron chi connectivity index (χ0n) is 7.13. The predicted octanol–water partition coefficient (Wildman–Crippen LogP) is 1.66. The normalized spacial score (nSPS) is 16.6. The van der Waals surface area contributed by atoms with Gasteiger partial charge in [0.1, 0.15) is 0 Å². The van der Waals surface area contributed by atoms with Crippen molar-refractivity contribution in [1.29, 1.82) is 0 Å². The molecule has 80 valence electrons. The van der Waals surface area contributed by atoms with E-state index >= 15 is 0 Å². The molecule has 7 heteroatoms. The Morgan fingerprint density at radius 2 is 1.77 bits per heavy atom. The Bertz CT molecular complexity index is 136. The van der Waals surface area contributed by atoms with Gasteiger partial charge in [-0.1, -0.05) is 6.92 Å². The Hall–Kier alpha value is -0.400. The van der Waals surface area contributed by atoms with Gasteiger partial charge < -0.3 is 5.11 Å². The van der Waals surface area contributed by atoms with Crippen molar-refractivity contribution >= 4 is 0 Å². The Morgan fingerprint density at radius 1 is 1.23 bits per heavy atom. The molecular weight excluding hydrogens is 192 g/mol. The molecular formula is C6H12F4N2O. The molecule has 0 radical (unpaired) electrons. The van der Waals surface area contributed by atoms with Gasteiger partial charge in [-0.2, -0.15) is 0 Å². The van der Waals surface area contributed by atoms with E-state index in [0.29, 0.717) is 0 Å². The van der Waals surface area contributed by atoms with Gasteiger partial charge >= 0.3 is 0 Å². The third-order valence-corrected chi connectivity index (χ3v) is 1.64. The van der Waals surface area contributed by atoms with Crippen LogP contribution in [0.2, 0.25) is 0 Å². The third-order valence-electron chi connectivity index (χ3n) is 1.64. The second kappa shape index (κ2) is 6.11. The van der Waals surface area contributed by atoms with Crippen molar-refractivity contribution in [1.82, 2.24) is 10.7 Å². The molecule has 13 heavy (non-hydrogen) atoms. The zero-order chi connectivity index (χ0) is 10.4. The van der Waals surface area contributed by atoms with Crippen LogP contribution in [0.25, 0.3) is 0 Å². The molecule has 0 rings (SSSR count). The van der Waals surface area contributed by atoms with E-state index in [9.17, 15) is 17.9 Å². The lowest BCUT2D eigenvalue weighted by Crippen LogP contribution is -2.33. The minimum atomic E-state index is -1.63. The summed E-state index contributed by atoms with van der Waals surface area (Å²) in [6.45, 7) is 0.509. The van der Waals surface area contributed by atoms with Gasteiger partial charge in [0.15, 0.2) is 0 Å². The summed E-state index contributed by atoms with van der Waals surface area (Å²) in [5, 5.41) is 6.35. The lowest BCUT2D eigenvalue weighted by molar-refractivity contribution is -0.234. The Morgan fingerprint density at radius 3 is 2.08 bits per heavy atom. The number of nitrogens with zero attached hydrogens (tertiary/aromatic N) is 2. The number of aliphatic hydroxyl groups excluding tert-OH is 1. The van der Waals surface area contributed by atoms with Crippen molar-refractivity contribution in [3.05, 3.63) is 0 Å². The van der Waals surface area contributed by atoms with Crippen LogP contribution in [0.1, 0.15) is 19.8 Å². The van der Waals surface area contributed by atoms with Crippen LogP contribution in [0, 0.1) is 0 Å². The number of aliphatic hydroxyl groups is 1. The van der Waals surface area contributed by atoms with Crippen LogP contribution in [0.5, 0.6) is 0 Å². The highest BCUT2D eigenvalue weighted by Crippen LogP contribution is 2.12. The summed E-state index contributed by atoms with van der Waals surface area (Å²) in [6, 6.07) is -1.63. The van der Waals surface area contributed by atoms with Gasteiger partial charge in [-0.3, -0.25) is 0 Å². The Labute approximate surface area is 73.3 Å². The van der Waals surface area contributed by atoms with Gasteiger partial charge in [0, 0.05) is 10.7 Å². The largest absolute Gasteiger partial charge is 0.393 e. The molecule has 0 aromatic carbocycles. The first-order valence-corrected chi connectivity index (χ1v) is 3.85. The molecule has 0 aliphatic heterocycles. The SMILES string of the molecule is CCC(O)CC(CN(F)F)N(F)F. The zero-order valence-corrected chi connectivity index (χ0v) is 7.13. The highest BCUT2D eigenvalue weighted by molar-refractivity contribution is 4.67. The van der Waals surface area contributed by atoms with Gasteiger partial charge in [0.05, 0.1) is 18.7 Å². The van der Waals surface area contributed by atoms with E-state index in [1.54, 1.807) is 6.92 Å². The molecule has 1 N–H and O–H groups in total. The molecule has 0 spiro atoms. The topological polar surface area (TPSA) is 26.7 Å². The van der Waals surface area contributed by atoms with Crippen LogP contribution in [0.15, 0.2) is 0 Å². The summed E-state index contributed by atoms with van der Waals surface area (Å²) >= 11 is 0. The van der Waals surface area contributed by atoms with E-state index in [1.165, 1.54) is 0 Å².